The summed E-state index contributed by atoms with van der Waals surface area (Å²) in [6, 6.07) is 14.0. The highest BCUT2D eigenvalue weighted by molar-refractivity contribution is 14.1. The number of ether oxygens (including phenoxy) is 3. The topological polar surface area (TPSA) is 151 Å². The van der Waals surface area contributed by atoms with Crippen LogP contribution in [-0.2, 0) is 17.9 Å². The lowest BCUT2D eigenvalue weighted by atomic mass is 9.87. The van der Waals surface area contributed by atoms with Crippen molar-refractivity contribution in [3.8, 4) is 17.2 Å². The van der Waals surface area contributed by atoms with Gasteiger partial charge in [0.1, 0.15) is 12.2 Å². The average Bonchev–Trinajstić information content (AvgIpc) is 3.53. The molecule has 0 radical (unpaired) electrons. The molecule has 0 spiro atoms. The molecular weight excluding hydrogens is 778 g/mol. The van der Waals surface area contributed by atoms with E-state index in [0.29, 0.717) is 47.2 Å². The molecule has 4 N–H and O–H groups in total. The van der Waals surface area contributed by atoms with E-state index in [1.54, 1.807) is 54.6 Å². The molecule has 2 amide bonds. The number of carbonyl (C=O) groups excluding carboxylic acids is 2. The van der Waals surface area contributed by atoms with Gasteiger partial charge in [-0.25, -0.2) is 0 Å². The number of methoxy groups -OCH3 is 2. The fourth-order valence-electron chi connectivity index (χ4n) is 5.51. The maximum Gasteiger partial charge on any atom is 0.290 e. The van der Waals surface area contributed by atoms with Crippen molar-refractivity contribution in [3.63, 3.8) is 0 Å². The van der Waals surface area contributed by atoms with E-state index in [4.69, 9.17) is 41.8 Å². The number of nitrogens with zero attached hydrogens (tertiary/aromatic N) is 1. The van der Waals surface area contributed by atoms with E-state index in [2.05, 4.69) is 5.32 Å². The highest BCUT2D eigenvalue weighted by Crippen LogP contribution is 2.38. The molecule has 48 heavy (non-hydrogen) atoms. The number of carbonyl (C=O) groups is 2. The Hall–Kier alpha value is -3.53. The summed E-state index contributed by atoms with van der Waals surface area (Å²) in [5, 5.41) is 35.0. The van der Waals surface area contributed by atoms with Crippen molar-refractivity contribution >= 4 is 68.6 Å². The van der Waals surface area contributed by atoms with Gasteiger partial charge in [-0.3, -0.25) is 9.59 Å². The summed E-state index contributed by atoms with van der Waals surface area (Å²) >= 11 is 14.8. The first-order valence-electron chi connectivity index (χ1n) is 14.8. The number of furan rings is 1. The minimum Gasteiger partial charge on any atom is -0.493 e. The summed E-state index contributed by atoms with van der Waals surface area (Å²) in [6.07, 6.45) is -1.09. The Labute approximate surface area is 300 Å². The molecule has 1 aliphatic rings. The van der Waals surface area contributed by atoms with Crippen LogP contribution in [0.5, 0.6) is 17.2 Å². The molecule has 11 nitrogen and oxygen atoms in total. The Kier molecular flexibility index (Phi) is 11.8. The van der Waals surface area contributed by atoms with Gasteiger partial charge in [0, 0.05) is 40.5 Å². The largest absolute Gasteiger partial charge is 0.493 e. The van der Waals surface area contributed by atoms with Gasteiger partial charge in [-0.05, 0) is 76.2 Å². The molecule has 5 rings (SSSR count). The highest BCUT2D eigenvalue weighted by Gasteiger charge is 2.42. The fourth-order valence-corrected chi connectivity index (χ4v) is 6.77. The zero-order chi connectivity index (χ0) is 34.5. The number of halogens is 3. The van der Waals surface area contributed by atoms with Crippen LogP contribution in [0.25, 0.3) is 11.0 Å². The normalized spacial score (nSPS) is 17.5. The lowest BCUT2D eigenvalue weighted by molar-refractivity contribution is -0.118. The van der Waals surface area contributed by atoms with E-state index in [1.165, 1.54) is 25.2 Å². The monoisotopic (exact) mass is 810 g/mol. The van der Waals surface area contributed by atoms with Gasteiger partial charge in [0.25, 0.3) is 5.91 Å². The number of hydrogen-bond acceptors (Lipinski definition) is 9. The summed E-state index contributed by atoms with van der Waals surface area (Å²) in [4.78, 5) is 29.2. The smallest absolute Gasteiger partial charge is 0.290 e. The van der Waals surface area contributed by atoms with Crippen LogP contribution in [0.1, 0.15) is 28.1 Å². The zero-order valence-corrected chi connectivity index (χ0v) is 29.6. The Morgan fingerprint density at radius 3 is 2.52 bits per heavy atom. The van der Waals surface area contributed by atoms with Gasteiger partial charge in [-0.2, -0.15) is 0 Å². The predicted octanol–water partition coefficient (Wildman–Crippen LogP) is 5.11. The van der Waals surface area contributed by atoms with Crippen LogP contribution in [0.4, 0.5) is 0 Å². The predicted molar refractivity (Wildman–Crippen MR) is 188 cm³/mol. The number of para-hydroxylation sites is 1. The van der Waals surface area contributed by atoms with E-state index < -0.39 is 30.1 Å². The molecule has 0 bridgehead atoms. The summed E-state index contributed by atoms with van der Waals surface area (Å²) in [5.41, 5.74) is 1.71. The van der Waals surface area contributed by atoms with E-state index in [-0.39, 0.29) is 49.8 Å². The van der Waals surface area contributed by atoms with Gasteiger partial charge in [0.2, 0.25) is 5.91 Å². The number of fused-ring (bicyclic) bond motifs is 1. The van der Waals surface area contributed by atoms with Crippen LogP contribution < -0.4 is 19.5 Å². The van der Waals surface area contributed by atoms with Crippen molar-refractivity contribution in [2.45, 2.75) is 37.8 Å². The molecule has 14 heteroatoms. The molecule has 1 heterocycles. The summed E-state index contributed by atoms with van der Waals surface area (Å²) < 4.78 is 23.9. The van der Waals surface area contributed by atoms with Crippen molar-refractivity contribution in [2.24, 2.45) is 0 Å². The van der Waals surface area contributed by atoms with Crippen LogP contribution in [0.15, 0.2) is 70.7 Å². The van der Waals surface area contributed by atoms with Gasteiger partial charge in [0.05, 0.1) is 37.0 Å². The number of amides is 2. The maximum absolute atomic E-state index is 14.5. The first-order chi connectivity index (χ1) is 23.1. The minimum absolute atomic E-state index is 0.00684. The molecule has 254 valence electrons. The molecule has 0 aliphatic heterocycles. The van der Waals surface area contributed by atoms with E-state index in [9.17, 15) is 24.9 Å². The second-order valence-electron chi connectivity index (χ2n) is 10.9. The Morgan fingerprint density at radius 1 is 1.06 bits per heavy atom. The third-order valence-electron chi connectivity index (χ3n) is 7.90. The SMILES string of the molecule is COc1cc(CO)cc(I)c1OC1C=C(C(=O)NCCO)CC(N(Cc2ccc(Cl)cc2Cl)C(=O)c2cc3cccc(OC)c3o2)C1O. The van der Waals surface area contributed by atoms with Crippen LogP contribution in [0, 0.1) is 3.57 Å². The van der Waals surface area contributed by atoms with Crippen molar-refractivity contribution < 1.29 is 43.5 Å². The Morgan fingerprint density at radius 2 is 1.83 bits per heavy atom. The summed E-state index contributed by atoms with van der Waals surface area (Å²) in [7, 11) is 2.94. The van der Waals surface area contributed by atoms with Gasteiger partial charge in [-0.1, -0.05) is 41.4 Å². The molecule has 4 aromatic rings. The second kappa shape index (κ2) is 15.8. The highest BCUT2D eigenvalue weighted by atomic mass is 127. The first-order valence-corrected chi connectivity index (χ1v) is 16.6. The molecule has 1 aliphatic carbocycles. The number of aliphatic hydroxyl groups is 3. The van der Waals surface area contributed by atoms with E-state index >= 15 is 0 Å². The first kappa shape index (κ1) is 35.8. The van der Waals surface area contributed by atoms with Crippen LogP contribution in [0.2, 0.25) is 10.0 Å². The third-order valence-corrected chi connectivity index (χ3v) is 9.28. The lowest BCUT2D eigenvalue weighted by Crippen LogP contribution is -2.54. The molecule has 0 saturated heterocycles. The molecule has 0 saturated carbocycles. The molecule has 3 atom stereocenters. The van der Waals surface area contributed by atoms with Crippen molar-refractivity contribution in [1.29, 1.82) is 0 Å². The third kappa shape index (κ3) is 7.69. The van der Waals surface area contributed by atoms with Crippen molar-refractivity contribution in [2.75, 3.05) is 27.4 Å². The Balaban J connectivity index is 1.60. The Bertz CT molecular complexity index is 1850. The molecular formula is C34H33Cl2IN2O9. The number of hydrogen-bond donors (Lipinski definition) is 4. The number of nitrogens with one attached hydrogen (secondary N) is 1. The summed E-state index contributed by atoms with van der Waals surface area (Å²) in [5.74, 6) is -0.102. The molecule has 3 aromatic carbocycles. The van der Waals surface area contributed by atoms with Gasteiger partial charge in [0.15, 0.2) is 28.6 Å². The zero-order valence-electron chi connectivity index (χ0n) is 25.9. The van der Waals surface area contributed by atoms with Crippen LogP contribution in [0.3, 0.4) is 0 Å². The van der Waals surface area contributed by atoms with Crippen molar-refractivity contribution in [3.05, 3.63) is 96.7 Å². The second-order valence-corrected chi connectivity index (χ2v) is 12.9. The van der Waals surface area contributed by atoms with Crippen molar-refractivity contribution in [1.82, 2.24) is 10.2 Å². The minimum atomic E-state index is -1.37. The quantitative estimate of drug-likeness (QED) is 0.143. The molecule has 3 unspecified atom stereocenters. The van der Waals surface area contributed by atoms with Gasteiger partial charge in [-0.15, -0.1) is 0 Å². The standard InChI is InChI=1S/C34H33Cl2IN2O9/c1-45-26-5-3-4-19-13-29(48-31(19)26)34(44)39(16-20-6-7-22(35)15-23(20)36)25-12-21(33(43)38-8-9-40)14-27(30(25)42)47-32-24(37)10-18(17-41)11-28(32)46-2/h3-7,10-11,13-15,25,27,30,40-42H,8-9,12,16-17H2,1-2H3,(H,38,43). The lowest BCUT2D eigenvalue weighted by Gasteiger charge is -2.40. The summed E-state index contributed by atoms with van der Waals surface area (Å²) in [6.45, 7) is -0.608. The molecule has 1 aromatic heterocycles. The van der Waals surface area contributed by atoms with Crippen LogP contribution in [-0.4, -0.2) is 77.7 Å². The fraction of sp³-hybridized carbons (Fsp3) is 0.294. The van der Waals surface area contributed by atoms with Gasteiger partial charge >= 0.3 is 0 Å². The van der Waals surface area contributed by atoms with Gasteiger partial charge < -0.3 is 44.2 Å². The average molecular weight is 811 g/mol. The van der Waals surface area contributed by atoms with E-state index in [0.717, 1.165) is 0 Å². The van der Waals surface area contributed by atoms with Crippen LogP contribution >= 0.6 is 45.8 Å². The number of aliphatic hydroxyl groups excluding tert-OH is 3. The number of rotatable bonds is 12. The number of benzene rings is 3. The molecule has 0 fully saturated rings. The maximum atomic E-state index is 14.5. The van der Waals surface area contributed by atoms with E-state index in [1.807, 2.05) is 22.6 Å².